The standard InChI is InChI=1S/C44H89N3O3.ClH/c1-40(2)32-27-23-19-15-11-7-9-13-17-21-25-29-34-43(49)45-42(36-38-47(5,6)37-31-39-48)46-44(50)35-30-26-22-18-14-10-8-12-16-20-24-28-33-41(3)4;/h40-42,48H,7-39H2,1-6H3,(H-,45,46,49,50);1H. The summed E-state index contributed by atoms with van der Waals surface area (Å²) >= 11 is 0. The zero-order valence-electron chi connectivity index (χ0n) is 35.2. The van der Waals surface area contributed by atoms with Gasteiger partial charge in [0.2, 0.25) is 11.8 Å². The van der Waals surface area contributed by atoms with Gasteiger partial charge in [-0.3, -0.25) is 9.59 Å². The molecule has 0 saturated heterocycles. The van der Waals surface area contributed by atoms with Gasteiger partial charge in [0.1, 0.15) is 6.17 Å². The zero-order valence-corrected chi connectivity index (χ0v) is 35.9. The number of hydrogen-bond acceptors (Lipinski definition) is 3. The van der Waals surface area contributed by atoms with Crippen LogP contribution in [0.4, 0.5) is 0 Å². The third kappa shape index (κ3) is 40.2. The molecule has 0 aromatic rings. The lowest BCUT2D eigenvalue weighted by Crippen LogP contribution is -3.00. The molecule has 51 heavy (non-hydrogen) atoms. The number of unbranched alkanes of at least 4 members (excludes halogenated alkanes) is 22. The van der Waals surface area contributed by atoms with Crippen LogP contribution < -0.4 is 23.0 Å². The van der Waals surface area contributed by atoms with E-state index in [9.17, 15) is 14.7 Å². The average molecular weight is 745 g/mol. The molecule has 7 heteroatoms. The monoisotopic (exact) mass is 744 g/mol. The lowest BCUT2D eigenvalue weighted by molar-refractivity contribution is -0.890. The Balaban J connectivity index is 0. The fourth-order valence-electron chi connectivity index (χ4n) is 7.01. The molecular formula is C44H90ClN3O3. The van der Waals surface area contributed by atoms with E-state index in [0.29, 0.717) is 19.3 Å². The summed E-state index contributed by atoms with van der Waals surface area (Å²) < 4.78 is 0.763. The van der Waals surface area contributed by atoms with Gasteiger partial charge in [0.05, 0.1) is 27.2 Å². The van der Waals surface area contributed by atoms with Crippen molar-refractivity contribution in [1.82, 2.24) is 10.6 Å². The zero-order chi connectivity index (χ0) is 37.1. The van der Waals surface area contributed by atoms with E-state index in [2.05, 4.69) is 52.4 Å². The van der Waals surface area contributed by atoms with Crippen LogP contribution in [0.15, 0.2) is 0 Å². The number of carbonyl (C=O) groups is 2. The van der Waals surface area contributed by atoms with Gasteiger partial charge in [-0.25, -0.2) is 0 Å². The predicted octanol–water partition coefficient (Wildman–Crippen LogP) is 8.63. The molecule has 0 rings (SSSR count). The Labute approximate surface area is 325 Å². The first kappa shape index (κ1) is 52.3. The molecular weight excluding hydrogens is 654 g/mol. The molecule has 0 aliphatic heterocycles. The summed E-state index contributed by atoms with van der Waals surface area (Å²) in [5, 5.41) is 15.6. The number of aliphatic hydroxyl groups excluding tert-OH is 1. The van der Waals surface area contributed by atoms with Crippen LogP contribution in [-0.2, 0) is 9.59 Å². The van der Waals surface area contributed by atoms with Gasteiger partial charge in [0.25, 0.3) is 0 Å². The Morgan fingerprint density at radius 2 is 0.745 bits per heavy atom. The maximum absolute atomic E-state index is 12.9. The molecule has 0 aliphatic rings. The summed E-state index contributed by atoms with van der Waals surface area (Å²) in [5.74, 6) is 1.79. The Bertz CT molecular complexity index is 712. The summed E-state index contributed by atoms with van der Waals surface area (Å²) in [6, 6.07) is 0. The van der Waals surface area contributed by atoms with Gasteiger partial charge < -0.3 is 32.6 Å². The third-order valence-corrected chi connectivity index (χ3v) is 10.5. The highest BCUT2D eigenvalue weighted by atomic mass is 35.5. The van der Waals surface area contributed by atoms with E-state index in [1.807, 2.05) is 0 Å². The Morgan fingerprint density at radius 1 is 0.451 bits per heavy atom. The molecule has 0 aliphatic carbocycles. The fourth-order valence-corrected chi connectivity index (χ4v) is 7.01. The summed E-state index contributed by atoms with van der Waals surface area (Å²) in [4.78, 5) is 25.7. The highest BCUT2D eigenvalue weighted by Crippen LogP contribution is 2.16. The number of nitrogens with one attached hydrogen (secondary N) is 2. The Hall–Kier alpha value is -0.850. The first-order valence-corrected chi connectivity index (χ1v) is 22.1. The van der Waals surface area contributed by atoms with E-state index < -0.39 is 0 Å². The van der Waals surface area contributed by atoms with Gasteiger partial charge in [-0.15, -0.1) is 0 Å². The molecule has 0 unspecified atom stereocenters. The Kier molecular flexibility index (Phi) is 38.4. The smallest absolute Gasteiger partial charge is 0.221 e. The maximum Gasteiger partial charge on any atom is 0.221 e. The van der Waals surface area contributed by atoms with Crippen LogP contribution in [0.5, 0.6) is 0 Å². The van der Waals surface area contributed by atoms with Crippen molar-refractivity contribution < 1.29 is 31.6 Å². The lowest BCUT2D eigenvalue weighted by atomic mass is 10.0. The van der Waals surface area contributed by atoms with Crippen LogP contribution in [0, 0.1) is 11.8 Å². The second-order valence-electron chi connectivity index (χ2n) is 17.3. The number of hydrogen-bond donors (Lipinski definition) is 3. The van der Waals surface area contributed by atoms with Gasteiger partial charge in [0.15, 0.2) is 0 Å². The van der Waals surface area contributed by atoms with E-state index in [1.165, 1.54) is 141 Å². The van der Waals surface area contributed by atoms with Crippen LogP contribution in [0.1, 0.15) is 220 Å². The number of amides is 2. The van der Waals surface area contributed by atoms with Crippen molar-refractivity contribution in [1.29, 1.82) is 0 Å². The summed E-state index contributed by atoms with van der Waals surface area (Å²) in [6.45, 7) is 11.2. The van der Waals surface area contributed by atoms with Crippen LogP contribution >= 0.6 is 0 Å². The number of aliphatic hydroxyl groups is 1. The van der Waals surface area contributed by atoms with Crippen LogP contribution in [0.3, 0.4) is 0 Å². The maximum atomic E-state index is 12.9. The van der Waals surface area contributed by atoms with Crippen molar-refractivity contribution in [3.63, 3.8) is 0 Å². The molecule has 306 valence electrons. The van der Waals surface area contributed by atoms with Crippen molar-refractivity contribution >= 4 is 11.8 Å². The number of carbonyl (C=O) groups excluding carboxylic acids is 2. The highest BCUT2D eigenvalue weighted by Gasteiger charge is 2.21. The second kappa shape index (κ2) is 37.5. The SMILES string of the molecule is CC(C)CCCCCCCCCCCCCCC(=O)NC(CC[N+](C)(C)CCCO)NC(=O)CCCCCCCCCCCCCCC(C)C.[Cl-]. The first-order valence-electron chi connectivity index (χ1n) is 22.1. The summed E-state index contributed by atoms with van der Waals surface area (Å²) in [6.07, 6.45) is 36.0. The van der Waals surface area contributed by atoms with Crippen molar-refractivity contribution in [3.05, 3.63) is 0 Å². The highest BCUT2D eigenvalue weighted by molar-refractivity contribution is 5.79. The van der Waals surface area contributed by atoms with E-state index in [4.69, 9.17) is 0 Å². The van der Waals surface area contributed by atoms with Crippen molar-refractivity contribution in [3.8, 4) is 0 Å². The lowest BCUT2D eigenvalue weighted by Gasteiger charge is -2.31. The molecule has 0 aromatic heterocycles. The molecule has 2 amide bonds. The summed E-state index contributed by atoms with van der Waals surface area (Å²) in [5.41, 5.74) is 0. The molecule has 0 aromatic carbocycles. The number of nitrogens with zero attached hydrogens (tertiary/aromatic N) is 1. The minimum absolute atomic E-state index is 0. The molecule has 0 saturated carbocycles. The molecule has 0 fully saturated rings. The predicted molar refractivity (Wildman–Crippen MR) is 217 cm³/mol. The van der Waals surface area contributed by atoms with Crippen LogP contribution in [0.25, 0.3) is 0 Å². The van der Waals surface area contributed by atoms with E-state index in [0.717, 1.165) is 61.5 Å². The number of rotatable bonds is 38. The van der Waals surface area contributed by atoms with Crippen LogP contribution in [-0.4, -0.2) is 61.4 Å². The van der Waals surface area contributed by atoms with Gasteiger partial charge in [-0.1, -0.05) is 182 Å². The third-order valence-electron chi connectivity index (χ3n) is 10.5. The van der Waals surface area contributed by atoms with E-state index in [-0.39, 0.29) is 37.0 Å². The van der Waals surface area contributed by atoms with Crippen LogP contribution in [0.2, 0.25) is 0 Å². The van der Waals surface area contributed by atoms with Gasteiger partial charge in [-0.2, -0.15) is 0 Å². The molecule has 0 atom stereocenters. The molecule has 6 nitrogen and oxygen atoms in total. The van der Waals surface area contributed by atoms with E-state index in [1.54, 1.807) is 0 Å². The number of halogens is 1. The van der Waals surface area contributed by atoms with Crippen molar-refractivity contribution in [2.24, 2.45) is 11.8 Å². The fraction of sp³-hybridized carbons (Fsp3) is 0.955. The number of quaternary nitrogens is 1. The summed E-state index contributed by atoms with van der Waals surface area (Å²) in [7, 11) is 4.31. The average Bonchev–Trinajstić information content (AvgIpc) is 3.06. The normalized spacial score (nSPS) is 11.8. The minimum Gasteiger partial charge on any atom is -1.00 e. The van der Waals surface area contributed by atoms with Gasteiger partial charge >= 0.3 is 0 Å². The molecule has 0 radical (unpaired) electrons. The largest absolute Gasteiger partial charge is 1.00 e. The topological polar surface area (TPSA) is 78.4 Å². The van der Waals surface area contributed by atoms with Gasteiger partial charge in [0, 0.05) is 32.3 Å². The first-order chi connectivity index (χ1) is 24.1. The molecule has 0 bridgehead atoms. The van der Waals surface area contributed by atoms with Crippen molar-refractivity contribution in [2.45, 2.75) is 226 Å². The van der Waals surface area contributed by atoms with E-state index >= 15 is 0 Å². The van der Waals surface area contributed by atoms with Gasteiger partial charge in [-0.05, 0) is 24.7 Å². The second-order valence-corrected chi connectivity index (χ2v) is 17.3. The molecule has 0 heterocycles. The Morgan fingerprint density at radius 3 is 1.04 bits per heavy atom. The minimum atomic E-state index is -0.327. The van der Waals surface area contributed by atoms with Crippen molar-refractivity contribution in [2.75, 3.05) is 33.8 Å². The quantitative estimate of drug-likeness (QED) is 0.0337. The molecule has 3 N–H and O–H groups in total. The molecule has 0 spiro atoms.